The van der Waals surface area contributed by atoms with Crippen LogP contribution in [0.2, 0.25) is 0 Å². The first kappa shape index (κ1) is 13.5. The summed E-state index contributed by atoms with van der Waals surface area (Å²) < 4.78 is 0. The summed E-state index contributed by atoms with van der Waals surface area (Å²) >= 11 is 0. The molecular weight excluding hydrogens is 250 g/mol. The van der Waals surface area contributed by atoms with Gasteiger partial charge in [-0.3, -0.25) is 10.1 Å². The van der Waals surface area contributed by atoms with Gasteiger partial charge in [0.2, 0.25) is 11.8 Å². The summed E-state index contributed by atoms with van der Waals surface area (Å²) in [5.74, 6) is 0.925. The van der Waals surface area contributed by atoms with Gasteiger partial charge in [0.25, 0.3) is 0 Å². The molecule has 1 aliphatic carbocycles. The second kappa shape index (κ2) is 5.79. The van der Waals surface area contributed by atoms with Crippen molar-refractivity contribution in [2.45, 2.75) is 25.9 Å². The third-order valence-corrected chi connectivity index (χ3v) is 3.07. The van der Waals surface area contributed by atoms with E-state index in [-0.39, 0.29) is 17.6 Å². The van der Waals surface area contributed by atoms with Crippen LogP contribution in [-0.2, 0) is 0 Å². The van der Waals surface area contributed by atoms with Gasteiger partial charge in [0, 0.05) is 13.1 Å². The van der Waals surface area contributed by atoms with E-state index in [1.807, 2.05) is 6.92 Å². The van der Waals surface area contributed by atoms with Crippen molar-refractivity contribution in [3.8, 4) is 0 Å². The standard InChI is InChI=1S/C11H17N5O3/c1-2-12-11-14-6-9(16(18)19)10(15-11)13-5-7-3-8(17)4-7/h6-8,17H,2-5H2,1H3,(H2,12,13,14,15). The third kappa shape index (κ3) is 3.28. The highest BCUT2D eigenvalue weighted by atomic mass is 16.6. The Kier molecular flexibility index (Phi) is 4.10. The van der Waals surface area contributed by atoms with Crippen molar-refractivity contribution in [2.75, 3.05) is 23.7 Å². The molecule has 1 fully saturated rings. The normalized spacial score (nSPS) is 21.6. The van der Waals surface area contributed by atoms with Crippen LogP contribution in [0, 0.1) is 16.0 Å². The van der Waals surface area contributed by atoms with Gasteiger partial charge in [0.15, 0.2) is 0 Å². The molecule has 1 saturated carbocycles. The molecule has 0 saturated heterocycles. The number of aliphatic hydroxyl groups is 1. The molecule has 3 N–H and O–H groups in total. The van der Waals surface area contributed by atoms with E-state index in [0.29, 0.717) is 25.0 Å². The molecule has 1 aromatic heterocycles. The molecule has 0 unspecified atom stereocenters. The molecule has 104 valence electrons. The van der Waals surface area contributed by atoms with Crippen molar-refractivity contribution < 1.29 is 10.0 Å². The zero-order valence-electron chi connectivity index (χ0n) is 10.7. The summed E-state index contributed by atoms with van der Waals surface area (Å²) in [5, 5.41) is 26.0. The molecule has 0 bridgehead atoms. The van der Waals surface area contributed by atoms with Gasteiger partial charge < -0.3 is 15.7 Å². The topological polar surface area (TPSA) is 113 Å². The molecule has 1 aromatic rings. The minimum absolute atomic E-state index is 0.137. The Morgan fingerprint density at radius 1 is 1.53 bits per heavy atom. The van der Waals surface area contributed by atoms with Gasteiger partial charge in [-0.2, -0.15) is 4.98 Å². The van der Waals surface area contributed by atoms with Gasteiger partial charge in [-0.05, 0) is 25.7 Å². The van der Waals surface area contributed by atoms with Crippen molar-refractivity contribution in [3.63, 3.8) is 0 Å². The van der Waals surface area contributed by atoms with Gasteiger partial charge in [-0.25, -0.2) is 4.98 Å². The van der Waals surface area contributed by atoms with E-state index in [0.717, 1.165) is 12.8 Å². The lowest BCUT2D eigenvalue weighted by molar-refractivity contribution is -0.384. The van der Waals surface area contributed by atoms with Crippen LogP contribution in [0.5, 0.6) is 0 Å². The first-order valence-corrected chi connectivity index (χ1v) is 6.27. The number of aromatic nitrogens is 2. The number of hydrogen-bond acceptors (Lipinski definition) is 7. The lowest BCUT2D eigenvalue weighted by atomic mass is 9.82. The highest BCUT2D eigenvalue weighted by Gasteiger charge is 2.27. The maximum Gasteiger partial charge on any atom is 0.329 e. The molecule has 0 atom stereocenters. The predicted octanol–water partition coefficient (Wildman–Crippen LogP) is 0.999. The van der Waals surface area contributed by atoms with E-state index in [2.05, 4.69) is 20.6 Å². The first-order valence-electron chi connectivity index (χ1n) is 6.27. The fraction of sp³-hybridized carbons (Fsp3) is 0.636. The third-order valence-electron chi connectivity index (χ3n) is 3.07. The first-order chi connectivity index (χ1) is 9.10. The van der Waals surface area contributed by atoms with Crippen LogP contribution < -0.4 is 10.6 Å². The quantitative estimate of drug-likeness (QED) is 0.520. The highest BCUT2D eigenvalue weighted by molar-refractivity contribution is 5.56. The van der Waals surface area contributed by atoms with Crippen LogP contribution in [-0.4, -0.2) is 39.2 Å². The molecule has 0 aliphatic heterocycles. The van der Waals surface area contributed by atoms with Crippen LogP contribution >= 0.6 is 0 Å². The Balaban J connectivity index is 2.06. The maximum atomic E-state index is 10.9. The molecule has 8 nitrogen and oxygen atoms in total. The van der Waals surface area contributed by atoms with Crippen LogP contribution in [0.1, 0.15) is 19.8 Å². The second-order valence-electron chi connectivity index (χ2n) is 4.59. The van der Waals surface area contributed by atoms with E-state index in [4.69, 9.17) is 0 Å². The monoisotopic (exact) mass is 267 g/mol. The summed E-state index contributed by atoms with van der Waals surface area (Å²) in [6.45, 7) is 3.11. The van der Waals surface area contributed by atoms with Gasteiger partial charge in [-0.15, -0.1) is 0 Å². The Bertz CT molecular complexity index is 462. The van der Waals surface area contributed by atoms with Crippen molar-refractivity contribution in [2.24, 2.45) is 5.92 Å². The minimum Gasteiger partial charge on any atom is -0.393 e. The van der Waals surface area contributed by atoms with Crippen molar-refractivity contribution in [3.05, 3.63) is 16.3 Å². The van der Waals surface area contributed by atoms with Gasteiger partial charge in [0.05, 0.1) is 11.0 Å². The number of nitrogens with one attached hydrogen (secondary N) is 2. The number of hydrogen-bond donors (Lipinski definition) is 3. The molecule has 8 heteroatoms. The zero-order chi connectivity index (χ0) is 13.8. The average Bonchev–Trinajstić information content (AvgIpc) is 2.33. The van der Waals surface area contributed by atoms with Crippen molar-refractivity contribution in [1.29, 1.82) is 0 Å². The predicted molar refractivity (Wildman–Crippen MR) is 70.1 cm³/mol. The molecule has 1 aliphatic rings. The molecular formula is C11H17N5O3. The SMILES string of the molecule is CCNc1ncc([N+](=O)[O-])c(NCC2CC(O)C2)n1. The summed E-state index contributed by atoms with van der Waals surface area (Å²) in [6.07, 6.45) is 2.42. The molecule has 0 amide bonds. The minimum atomic E-state index is -0.506. The molecule has 19 heavy (non-hydrogen) atoms. The molecule has 0 radical (unpaired) electrons. The molecule has 0 spiro atoms. The van der Waals surface area contributed by atoms with E-state index in [1.54, 1.807) is 0 Å². The van der Waals surface area contributed by atoms with Crippen molar-refractivity contribution in [1.82, 2.24) is 9.97 Å². The number of anilines is 2. The summed E-state index contributed by atoms with van der Waals surface area (Å²) in [4.78, 5) is 18.4. The van der Waals surface area contributed by atoms with E-state index < -0.39 is 4.92 Å². The van der Waals surface area contributed by atoms with E-state index in [1.165, 1.54) is 6.20 Å². The Morgan fingerprint density at radius 3 is 2.84 bits per heavy atom. The van der Waals surface area contributed by atoms with Gasteiger partial charge in [-0.1, -0.05) is 0 Å². The fourth-order valence-electron chi connectivity index (χ4n) is 1.99. The Labute approximate surface area is 110 Å². The highest BCUT2D eigenvalue weighted by Crippen LogP contribution is 2.29. The number of nitro groups is 1. The zero-order valence-corrected chi connectivity index (χ0v) is 10.7. The Hall–Kier alpha value is -1.96. The van der Waals surface area contributed by atoms with Gasteiger partial charge in [0.1, 0.15) is 6.20 Å². The lowest BCUT2D eigenvalue weighted by Gasteiger charge is -2.31. The molecule has 2 rings (SSSR count). The second-order valence-corrected chi connectivity index (χ2v) is 4.59. The van der Waals surface area contributed by atoms with E-state index in [9.17, 15) is 15.2 Å². The maximum absolute atomic E-state index is 10.9. The van der Waals surface area contributed by atoms with Gasteiger partial charge >= 0.3 is 5.69 Å². The summed E-state index contributed by atoms with van der Waals surface area (Å²) in [6, 6.07) is 0. The number of rotatable bonds is 6. The van der Waals surface area contributed by atoms with E-state index >= 15 is 0 Å². The number of aliphatic hydroxyl groups excluding tert-OH is 1. The number of nitrogens with zero attached hydrogens (tertiary/aromatic N) is 3. The van der Waals surface area contributed by atoms with Crippen LogP contribution in [0.15, 0.2) is 6.20 Å². The molecule has 1 heterocycles. The lowest BCUT2D eigenvalue weighted by Crippen LogP contribution is -2.33. The summed E-state index contributed by atoms with van der Waals surface area (Å²) in [7, 11) is 0. The smallest absolute Gasteiger partial charge is 0.329 e. The average molecular weight is 267 g/mol. The largest absolute Gasteiger partial charge is 0.393 e. The Morgan fingerprint density at radius 2 is 2.26 bits per heavy atom. The van der Waals surface area contributed by atoms with Crippen LogP contribution in [0.4, 0.5) is 17.5 Å². The van der Waals surface area contributed by atoms with Crippen LogP contribution in [0.3, 0.4) is 0 Å². The molecule has 0 aromatic carbocycles. The van der Waals surface area contributed by atoms with Crippen molar-refractivity contribution >= 4 is 17.5 Å². The van der Waals surface area contributed by atoms with Crippen LogP contribution in [0.25, 0.3) is 0 Å². The fourth-order valence-corrected chi connectivity index (χ4v) is 1.99. The summed E-state index contributed by atoms with van der Waals surface area (Å²) in [5.41, 5.74) is -0.137.